The molecule has 0 radical (unpaired) electrons. The highest BCUT2D eigenvalue weighted by Crippen LogP contribution is 2.21. The van der Waals surface area contributed by atoms with Crippen molar-refractivity contribution in [1.29, 1.82) is 0 Å². The van der Waals surface area contributed by atoms with Crippen LogP contribution in [0.2, 0.25) is 0 Å². The van der Waals surface area contributed by atoms with Crippen LogP contribution in [0.4, 0.5) is 5.69 Å². The maximum atomic E-state index is 12.3. The van der Waals surface area contributed by atoms with Gasteiger partial charge >= 0.3 is 0 Å². The van der Waals surface area contributed by atoms with Gasteiger partial charge < -0.3 is 19.0 Å². The number of carbonyl (C=O) groups excluding carboxylic acids is 1. The summed E-state index contributed by atoms with van der Waals surface area (Å²) >= 11 is 0. The van der Waals surface area contributed by atoms with Crippen LogP contribution in [0.25, 0.3) is 0 Å². The minimum atomic E-state index is -0.0263. The molecule has 3 rings (SSSR count). The second kappa shape index (κ2) is 6.56. The van der Waals surface area contributed by atoms with Crippen molar-refractivity contribution in [2.75, 3.05) is 38.2 Å². The van der Waals surface area contributed by atoms with Crippen LogP contribution >= 0.6 is 0 Å². The largest absolute Gasteiger partial charge is 0.497 e. The summed E-state index contributed by atoms with van der Waals surface area (Å²) in [5, 5.41) is 0. The molecule has 1 aromatic carbocycles. The van der Waals surface area contributed by atoms with Gasteiger partial charge in [-0.1, -0.05) is 0 Å². The van der Waals surface area contributed by atoms with Gasteiger partial charge in [0.2, 0.25) is 0 Å². The number of rotatable bonds is 3. The zero-order valence-electron chi connectivity index (χ0n) is 12.7. The molecule has 22 heavy (non-hydrogen) atoms. The summed E-state index contributed by atoms with van der Waals surface area (Å²) in [4.78, 5) is 16.5. The van der Waals surface area contributed by atoms with Crippen LogP contribution < -0.4 is 9.64 Å². The predicted molar refractivity (Wildman–Crippen MR) is 84.4 cm³/mol. The number of hydrogen-bond donors (Lipinski definition) is 0. The van der Waals surface area contributed by atoms with Crippen molar-refractivity contribution in [2.45, 2.75) is 6.42 Å². The van der Waals surface area contributed by atoms with Gasteiger partial charge in [0.05, 0.1) is 13.4 Å². The lowest BCUT2D eigenvalue weighted by molar-refractivity contribution is 0.0735. The molecule has 1 aliphatic rings. The highest BCUT2D eigenvalue weighted by molar-refractivity contribution is 5.91. The molecular formula is C17H20N2O3. The second-order valence-corrected chi connectivity index (χ2v) is 5.31. The molecule has 2 aromatic rings. The third-order valence-corrected chi connectivity index (χ3v) is 3.95. The summed E-state index contributed by atoms with van der Waals surface area (Å²) in [6.45, 7) is 3.21. The third-order valence-electron chi connectivity index (χ3n) is 3.95. The van der Waals surface area contributed by atoms with E-state index in [-0.39, 0.29) is 5.91 Å². The van der Waals surface area contributed by atoms with E-state index in [2.05, 4.69) is 17.0 Å². The molecule has 0 aliphatic carbocycles. The minimum absolute atomic E-state index is 0.0263. The maximum absolute atomic E-state index is 12.3. The molecule has 116 valence electrons. The lowest BCUT2D eigenvalue weighted by Gasteiger charge is -2.23. The van der Waals surface area contributed by atoms with E-state index in [1.54, 1.807) is 19.2 Å². The number of methoxy groups -OCH3 is 1. The standard InChI is InChI=1S/C17H20N2O3/c1-21-15-7-5-14(6-8-15)18-9-3-10-19(12-11-18)17(20)16-4-2-13-22-16/h2,4-8,13H,3,9-12H2,1H3. The molecule has 0 spiro atoms. The highest BCUT2D eigenvalue weighted by Gasteiger charge is 2.22. The van der Waals surface area contributed by atoms with Crippen molar-refractivity contribution >= 4 is 11.6 Å². The monoisotopic (exact) mass is 300 g/mol. The van der Waals surface area contributed by atoms with E-state index < -0.39 is 0 Å². The molecule has 0 atom stereocenters. The zero-order valence-corrected chi connectivity index (χ0v) is 12.7. The first-order valence-electron chi connectivity index (χ1n) is 7.50. The normalized spacial score (nSPS) is 15.5. The Morgan fingerprint density at radius 2 is 1.91 bits per heavy atom. The fourth-order valence-corrected chi connectivity index (χ4v) is 2.73. The first kappa shape index (κ1) is 14.5. The molecule has 5 nitrogen and oxygen atoms in total. The van der Waals surface area contributed by atoms with Gasteiger partial charge in [-0.3, -0.25) is 4.79 Å². The molecule has 0 N–H and O–H groups in total. The van der Waals surface area contributed by atoms with Crippen LogP contribution in [0.15, 0.2) is 47.1 Å². The van der Waals surface area contributed by atoms with Crippen molar-refractivity contribution in [3.05, 3.63) is 48.4 Å². The van der Waals surface area contributed by atoms with E-state index in [0.29, 0.717) is 12.3 Å². The average molecular weight is 300 g/mol. The van der Waals surface area contributed by atoms with Crippen LogP contribution in [-0.2, 0) is 0 Å². The maximum Gasteiger partial charge on any atom is 0.289 e. The van der Waals surface area contributed by atoms with Crippen molar-refractivity contribution < 1.29 is 13.9 Å². The number of furan rings is 1. The SMILES string of the molecule is COc1ccc(N2CCCN(C(=O)c3ccco3)CC2)cc1. The number of carbonyl (C=O) groups is 1. The molecule has 1 aliphatic heterocycles. The Hall–Kier alpha value is -2.43. The first-order chi connectivity index (χ1) is 10.8. The number of anilines is 1. The number of ether oxygens (including phenoxy) is 1. The molecule has 1 amide bonds. The van der Waals surface area contributed by atoms with Crippen molar-refractivity contribution in [1.82, 2.24) is 4.90 Å². The summed E-state index contributed by atoms with van der Waals surface area (Å²) in [7, 11) is 1.67. The Balaban J connectivity index is 1.65. The smallest absolute Gasteiger partial charge is 0.289 e. The Morgan fingerprint density at radius 3 is 2.59 bits per heavy atom. The number of amides is 1. The first-order valence-corrected chi connectivity index (χ1v) is 7.50. The lowest BCUT2D eigenvalue weighted by atomic mass is 10.2. The van der Waals surface area contributed by atoms with Crippen molar-refractivity contribution in [3.63, 3.8) is 0 Å². The number of nitrogens with zero attached hydrogens (tertiary/aromatic N) is 2. The molecule has 0 unspecified atom stereocenters. The Morgan fingerprint density at radius 1 is 1.09 bits per heavy atom. The van der Waals surface area contributed by atoms with E-state index in [9.17, 15) is 4.79 Å². The van der Waals surface area contributed by atoms with Gasteiger partial charge in [0.15, 0.2) is 5.76 Å². The highest BCUT2D eigenvalue weighted by atomic mass is 16.5. The number of benzene rings is 1. The quantitative estimate of drug-likeness (QED) is 0.874. The van der Waals surface area contributed by atoms with Gasteiger partial charge in [-0.15, -0.1) is 0 Å². The van der Waals surface area contributed by atoms with Crippen LogP contribution in [0.3, 0.4) is 0 Å². The van der Waals surface area contributed by atoms with Crippen molar-refractivity contribution in [2.24, 2.45) is 0 Å². The Bertz CT molecular complexity index is 607. The Labute approximate surface area is 130 Å². The van der Waals surface area contributed by atoms with E-state index in [1.807, 2.05) is 17.0 Å². The summed E-state index contributed by atoms with van der Waals surface area (Å²) in [5.74, 6) is 1.24. The van der Waals surface area contributed by atoms with E-state index in [1.165, 1.54) is 6.26 Å². The summed E-state index contributed by atoms with van der Waals surface area (Å²) in [5.41, 5.74) is 1.16. The zero-order chi connectivity index (χ0) is 15.4. The van der Waals surface area contributed by atoms with E-state index in [4.69, 9.17) is 9.15 Å². The van der Waals surface area contributed by atoms with Crippen molar-refractivity contribution in [3.8, 4) is 5.75 Å². The molecule has 5 heteroatoms. The molecule has 1 aromatic heterocycles. The molecular weight excluding hydrogens is 280 g/mol. The lowest BCUT2D eigenvalue weighted by Crippen LogP contribution is -2.35. The third kappa shape index (κ3) is 3.08. The van der Waals surface area contributed by atoms with Gasteiger partial charge in [-0.2, -0.15) is 0 Å². The number of hydrogen-bond acceptors (Lipinski definition) is 4. The molecule has 2 heterocycles. The summed E-state index contributed by atoms with van der Waals surface area (Å²) < 4.78 is 10.4. The summed E-state index contributed by atoms with van der Waals surface area (Å²) in [6, 6.07) is 11.5. The topological polar surface area (TPSA) is 45.9 Å². The van der Waals surface area contributed by atoms with Gasteiger partial charge in [0, 0.05) is 31.9 Å². The fraction of sp³-hybridized carbons (Fsp3) is 0.353. The van der Waals surface area contributed by atoms with Crippen LogP contribution in [-0.4, -0.2) is 44.1 Å². The van der Waals surface area contributed by atoms with Crippen LogP contribution in [0.1, 0.15) is 17.0 Å². The average Bonchev–Trinajstić information content (AvgIpc) is 2.99. The Kier molecular flexibility index (Phi) is 4.32. The van der Waals surface area contributed by atoms with E-state index in [0.717, 1.165) is 37.5 Å². The molecule has 1 fully saturated rings. The minimum Gasteiger partial charge on any atom is -0.497 e. The fourth-order valence-electron chi connectivity index (χ4n) is 2.73. The predicted octanol–water partition coefficient (Wildman–Crippen LogP) is 2.64. The van der Waals surface area contributed by atoms with Crippen LogP contribution in [0.5, 0.6) is 5.75 Å². The van der Waals surface area contributed by atoms with Gasteiger partial charge in [0.25, 0.3) is 5.91 Å². The van der Waals surface area contributed by atoms with Gasteiger partial charge in [-0.05, 0) is 42.8 Å². The van der Waals surface area contributed by atoms with Gasteiger partial charge in [-0.25, -0.2) is 0 Å². The molecule has 1 saturated heterocycles. The second-order valence-electron chi connectivity index (χ2n) is 5.31. The van der Waals surface area contributed by atoms with E-state index >= 15 is 0 Å². The van der Waals surface area contributed by atoms with Gasteiger partial charge in [0.1, 0.15) is 5.75 Å². The summed E-state index contributed by atoms with van der Waals surface area (Å²) in [6.07, 6.45) is 2.48. The van der Waals surface area contributed by atoms with Crippen LogP contribution in [0, 0.1) is 0 Å². The molecule has 0 saturated carbocycles. The molecule has 0 bridgehead atoms.